The second-order valence-electron chi connectivity index (χ2n) is 4.83. The van der Waals surface area contributed by atoms with Crippen molar-refractivity contribution in [2.24, 2.45) is 5.92 Å². The van der Waals surface area contributed by atoms with Crippen molar-refractivity contribution in [2.75, 3.05) is 0 Å². The molecule has 0 amide bonds. The van der Waals surface area contributed by atoms with Gasteiger partial charge in [-0.1, -0.05) is 13.3 Å². The number of hydrogen-bond acceptors (Lipinski definition) is 3. The average Bonchev–Trinajstić information content (AvgIpc) is 2.59. The molecule has 3 nitrogen and oxygen atoms in total. The number of carbonyl (C=O) groups is 1. The lowest BCUT2D eigenvalue weighted by molar-refractivity contribution is -0.0612. The van der Waals surface area contributed by atoms with E-state index in [1.807, 2.05) is 6.07 Å². The van der Waals surface area contributed by atoms with Crippen LogP contribution in [0.5, 0.6) is 0 Å². The highest BCUT2D eigenvalue weighted by molar-refractivity contribution is 5.94. The Kier molecular flexibility index (Phi) is 2.03. The highest BCUT2D eigenvalue weighted by atomic mass is 16.6. The molecule has 0 saturated heterocycles. The molecule has 3 heteroatoms. The number of nitrogens with zero attached hydrogens (tertiary/aromatic N) is 1. The minimum Gasteiger partial charge on any atom is -0.449 e. The molecule has 0 N–H and O–H groups in total. The van der Waals surface area contributed by atoms with Crippen LogP contribution >= 0.6 is 0 Å². The lowest BCUT2D eigenvalue weighted by Gasteiger charge is -2.37. The molecule has 2 unspecified atom stereocenters. The van der Waals surface area contributed by atoms with Gasteiger partial charge >= 0.3 is 5.97 Å². The zero-order chi connectivity index (χ0) is 11.2. The molecule has 0 aromatic carbocycles. The summed E-state index contributed by atoms with van der Waals surface area (Å²) in [5.74, 6) is 0.179. The molecule has 1 aromatic rings. The van der Waals surface area contributed by atoms with E-state index in [4.69, 9.17) is 4.74 Å². The second-order valence-corrected chi connectivity index (χ2v) is 4.83. The lowest BCUT2D eigenvalue weighted by Crippen LogP contribution is -2.37. The summed E-state index contributed by atoms with van der Waals surface area (Å²) < 4.78 is 5.67. The van der Waals surface area contributed by atoms with E-state index in [2.05, 4.69) is 11.9 Å². The smallest absolute Gasteiger partial charge is 0.341 e. The standard InChI is InChI=1S/C13H15NO2/c1-9-5-2-3-7-13(9)11-10(12(15)16-13)6-4-8-14-11/h4,6,8-9H,2-3,5,7H2,1H3. The molecular formula is C13H15NO2. The Bertz CT molecular complexity index is 443. The van der Waals surface area contributed by atoms with Crippen LogP contribution < -0.4 is 0 Å². The van der Waals surface area contributed by atoms with Crippen molar-refractivity contribution in [3.05, 3.63) is 29.6 Å². The third-order valence-corrected chi connectivity index (χ3v) is 3.93. The Labute approximate surface area is 94.8 Å². The Balaban J connectivity index is 2.14. The van der Waals surface area contributed by atoms with Crippen LogP contribution in [0.4, 0.5) is 0 Å². The number of rotatable bonds is 0. The van der Waals surface area contributed by atoms with E-state index in [0.717, 1.165) is 25.0 Å². The molecule has 2 aliphatic rings. The number of ether oxygens (including phenoxy) is 1. The zero-order valence-corrected chi connectivity index (χ0v) is 9.40. The first kappa shape index (κ1) is 9.82. The summed E-state index contributed by atoms with van der Waals surface area (Å²) in [7, 11) is 0. The molecule has 3 rings (SSSR count). The molecule has 1 fully saturated rings. The maximum absolute atomic E-state index is 11.8. The minimum absolute atomic E-state index is 0.197. The second kappa shape index (κ2) is 3.30. The normalized spacial score (nSPS) is 32.6. The van der Waals surface area contributed by atoms with Crippen LogP contribution in [0.2, 0.25) is 0 Å². The first-order chi connectivity index (χ1) is 7.74. The minimum atomic E-state index is -0.425. The van der Waals surface area contributed by atoms with Gasteiger partial charge in [0.05, 0.1) is 11.3 Å². The van der Waals surface area contributed by atoms with Crippen LogP contribution in [0.1, 0.15) is 48.7 Å². The number of carbonyl (C=O) groups excluding carboxylic acids is 1. The first-order valence-corrected chi connectivity index (χ1v) is 5.93. The van der Waals surface area contributed by atoms with Crippen molar-refractivity contribution in [2.45, 2.75) is 38.2 Å². The lowest BCUT2D eigenvalue weighted by atomic mass is 9.74. The largest absolute Gasteiger partial charge is 0.449 e. The SMILES string of the molecule is CC1CCCCC12OC(=O)c1cccnc12. The topological polar surface area (TPSA) is 39.2 Å². The van der Waals surface area contributed by atoms with Crippen molar-refractivity contribution in [3.8, 4) is 0 Å². The molecule has 1 saturated carbocycles. The van der Waals surface area contributed by atoms with Gasteiger partial charge in [0.25, 0.3) is 0 Å². The van der Waals surface area contributed by atoms with Crippen LogP contribution in [-0.2, 0) is 10.3 Å². The maximum Gasteiger partial charge on any atom is 0.341 e. The Morgan fingerprint density at radius 2 is 2.38 bits per heavy atom. The fraction of sp³-hybridized carbons (Fsp3) is 0.538. The van der Waals surface area contributed by atoms with Crippen molar-refractivity contribution >= 4 is 5.97 Å². The van der Waals surface area contributed by atoms with E-state index < -0.39 is 5.60 Å². The van der Waals surface area contributed by atoms with Crippen LogP contribution in [-0.4, -0.2) is 11.0 Å². The Hall–Kier alpha value is -1.38. The van der Waals surface area contributed by atoms with Gasteiger partial charge in [-0.05, 0) is 31.4 Å². The van der Waals surface area contributed by atoms with Gasteiger partial charge in [0.1, 0.15) is 0 Å². The Morgan fingerprint density at radius 1 is 1.50 bits per heavy atom. The molecule has 16 heavy (non-hydrogen) atoms. The molecule has 1 aliphatic heterocycles. The highest BCUT2D eigenvalue weighted by Gasteiger charge is 2.51. The van der Waals surface area contributed by atoms with E-state index in [1.165, 1.54) is 6.42 Å². The molecule has 84 valence electrons. The number of pyridine rings is 1. The van der Waals surface area contributed by atoms with Crippen LogP contribution in [0.25, 0.3) is 0 Å². The summed E-state index contributed by atoms with van der Waals surface area (Å²) in [6.07, 6.45) is 6.13. The average molecular weight is 217 g/mol. The van der Waals surface area contributed by atoms with Gasteiger partial charge in [0, 0.05) is 12.1 Å². The van der Waals surface area contributed by atoms with Crippen molar-refractivity contribution in [1.82, 2.24) is 4.98 Å². The summed E-state index contributed by atoms with van der Waals surface area (Å²) >= 11 is 0. The quantitative estimate of drug-likeness (QED) is 0.627. The van der Waals surface area contributed by atoms with Gasteiger partial charge in [0.15, 0.2) is 5.60 Å². The molecule has 2 heterocycles. The van der Waals surface area contributed by atoms with Crippen molar-refractivity contribution in [3.63, 3.8) is 0 Å². The van der Waals surface area contributed by atoms with E-state index in [0.29, 0.717) is 11.5 Å². The number of esters is 1. The molecule has 1 aliphatic carbocycles. The number of hydrogen-bond donors (Lipinski definition) is 0. The van der Waals surface area contributed by atoms with Crippen LogP contribution in [0.3, 0.4) is 0 Å². The van der Waals surface area contributed by atoms with Gasteiger partial charge in [-0.3, -0.25) is 4.98 Å². The summed E-state index contributed by atoms with van der Waals surface area (Å²) in [5, 5.41) is 0. The van der Waals surface area contributed by atoms with Crippen LogP contribution in [0.15, 0.2) is 18.3 Å². The molecule has 1 spiro atoms. The van der Waals surface area contributed by atoms with Gasteiger partial charge in [0.2, 0.25) is 0 Å². The summed E-state index contributed by atoms with van der Waals surface area (Å²) in [5.41, 5.74) is 1.11. The third kappa shape index (κ3) is 1.14. The third-order valence-electron chi connectivity index (χ3n) is 3.93. The van der Waals surface area contributed by atoms with Gasteiger partial charge in [-0.25, -0.2) is 4.79 Å². The molecule has 0 radical (unpaired) electrons. The van der Waals surface area contributed by atoms with Crippen LogP contribution in [0, 0.1) is 5.92 Å². The summed E-state index contributed by atoms with van der Waals surface area (Å²) in [4.78, 5) is 16.2. The molecular weight excluding hydrogens is 202 g/mol. The van der Waals surface area contributed by atoms with Crippen molar-refractivity contribution in [1.29, 1.82) is 0 Å². The predicted octanol–water partition coefficient (Wildman–Crippen LogP) is 2.66. The fourth-order valence-electron chi connectivity index (χ4n) is 3.00. The zero-order valence-electron chi connectivity index (χ0n) is 9.40. The number of fused-ring (bicyclic) bond motifs is 2. The number of aromatic nitrogens is 1. The maximum atomic E-state index is 11.8. The van der Waals surface area contributed by atoms with Crippen molar-refractivity contribution < 1.29 is 9.53 Å². The molecule has 1 aromatic heterocycles. The van der Waals surface area contributed by atoms with E-state index in [9.17, 15) is 4.79 Å². The molecule has 2 atom stereocenters. The van der Waals surface area contributed by atoms with E-state index in [-0.39, 0.29) is 5.97 Å². The first-order valence-electron chi connectivity index (χ1n) is 5.93. The molecule has 0 bridgehead atoms. The highest BCUT2D eigenvalue weighted by Crippen LogP contribution is 2.48. The predicted molar refractivity (Wildman–Crippen MR) is 59.0 cm³/mol. The van der Waals surface area contributed by atoms with E-state index in [1.54, 1.807) is 12.3 Å². The summed E-state index contributed by atoms with van der Waals surface area (Å²) in [6.45, 7) is 2.16. The monoisotopic (exact) mass is 217 g/mol. The van der Waals surface area contributed by atoms with Gasteiger partial charge < -0.3 is 4.74 Å². The van der Waals surface area contributed by atoms with Gasteiger partial charge in [-0.15, -0.1) is 0 Å². The summed E-state index contributed by atoms with van der Waals surface area (Å²) in [6, 6.07) is 3.62. The fourth-order valence-corrected chi connectivity index (χ4v) is 3.00. The Morgan fingerprint density at radius 3 is 3.19 bits per heavy atom. The van der Waals surface area contributed by atoms with E-state index >= 15 is 0 Å². The van der Waals surface area contributed by atoms with Gasteiger partial charge in [-0.2, -0.15) is 0 Å².